The molecule has 23 heavy (non-hydrogen) atoms. The third-order valence-electron chi connectivity index (χ3n) is 5.03. The van der Waals surface area contributed by atoms with Crippen molar-refractivity contribution >= 4 is 27.5 Å². The van der Waals surface area contributed by atoms with E-state index in [1.54, 1.807) is 0 Å². The average Bonchev–Trinajstić information content (AvgIpc) is 2.52. The van der Waals surface area contributed by atoms with Crippen LogP contribution in [0.5, 0.6) is 5.75 Å². The molecule has 122 valence electrons. The van der Waals surface area contributed by atoms with Gasteiger partial charge in [0, 0.05) is 14.9 Å². The van der Waals surface area contributed by atoms with Crippen LogP contribution in [-0.4, -0.2) is 6.61 Å². The summed E-state index contributed by atoms with van der Waals surface area (Å²) in [5.41, 5.74) is 2.81. The summed E-state index contributed by atoms with van der Waals surface area (Å²) in [6.45, 7) is 3.12. The summed E-state index contributed by atoms with van der Waals surface area (Å²) in [6.07, 6.45) is 6.01. The predicted molar refractivity (Wildman–Crippen MR) is 100 cm³/mol. The van der Waals surface area contributed by atoms with E-state index in [0.717, 1.165) is 33.8 Å². The molecule has 2 aromatic rings. The zero-order valence-corrected chi connectivity index (χ0v) is 15.8. The van der Waals surface area contributed by atoms with Crippen molar-refractivity contribution in [2.24, 2.45) is 5.41 Å². The Morgan fingerprint density at radius 1 is 1.13 bits per heavy atom. The highest BCUT2D eigenvalue weighted by molar-refractivity contribution is 9.10. The van der Waals surface area contributed by atoms with Crippen LogP contribution in [0.15, 0.2) is 46.9 Å². The van der Waals surface area contributed by atoms with Gasteiger partial charge in [-0.05, 0) is 67.1 Å². The van der Waals surface area contributed by atoms with Crippen molar-refractivity contribution in [3.8, 4) is 5.75 Å². The fraction of sp³-hybridized carbons (Fsp3) is 0.400. The Kier molecular flexibility index (Phi) is 5.33. The molecule has 1 saturated carbocycles. The summed E-state index contributed by atoms with van der Waals surface area (Å²) >= 11 is 9.77. The van der Waals surface area contributed by atoms with Crippen LogP contribution in [0, 0.1) is 5.41 Å². The van der Waals surface area contributed by atoms with Crippen molar-refractivity contribution in [1.82, 2.24) is 0 Å². The van der Waals surface area contributed by atoms with Gasteiger partial charge in [0.25, 0.3) is 0 Å². The van der Waals surface area contributed by atoms with Crippen molar-refractivity contribution in [2.45, 2.75) is 39.0 Å². The molecule has 3 rings (SSSR count). The van der Waals surface area contributed by atoms with E-state index in [9.17, 15) is 0 Å². The van der Waals surface area contributed by atoms with Gasteiger partial charge >= 0.3 is 0 Å². The number of hydrogen-bond donors (Lipinski definition) is 0. The molecule has 1 fully saturated rings. The molecule has 0 unspecified atom stereocenters. The van der Waals surface area contributed by atoms with Crippen LogP contribution in [0.2, 0.25) is 5.02 Å². The fourth-order valence-corrected chi connectivity index (χ4v) is 3.71. The van der Waals surface area contributed by atoms with Crippen LogP contribution in [-0.2, 0) is 6.42 Å². The number of hydrogen-bond acceptors (Lipinski definition) is 1. The van der Waals surface area contributed by atoms with Gasteiger partial charge in [0.1, 0.15) is 5.75 Å². The number of halogens is 2. The first-order valence-corrected chi connectivity index (χ1v) is 9.43. The molecule has 1 aliphatic rings. The Balaban J connectivity index is 1.62. The lowest BCUT2D eigenvalue weighted by Gasteiger charge is -2.40. The molecule has 0 saturated heterocycles. The first-order chi connectivity index (χ1) is 11.1. The molecule has 0 spiro atoms. The zero-order valence-electron chi connectivity index (χ0n) is 13.4. The first-order valence-electron chi connectivity index (χ1n) is 8.26. The van der Waals surface area contributed by atoms with Crippen LogP contribution in [0.1, 0.15) is 43.7 Å². The van der Waals surface area contributed by atoms with Crippen molar-refractivity contribution in [2.75, 3.05) is 6.61 Å². The Hall–Kier alpha value is -0.990. The van der Waals surface area contributed by atoms with Crippen LogP contribution in [0.3, 0.4) is 0 Å². The molecule has 0 amide bonds. The summed E-state index contributed by atoms with van der Waals surface area (Å²) in [5.74, 6) is 0.966. The van der Waals surface area contributed by atoms with E-state index < -0.39 is 0 Å². The van der Waals surface area contributed by atoms with E-state index in [0.29, 0.717) is 5.41 Å². The molecule has 0 aromatic heterocycles. The lowest BCUT2D eigenvalue weighted by molar-refractivity contribution is 0.0538. The second-order valence-corrected chi connectivity index (χ2v) is 7.88. The highest BCUT2D eigenvalue weighted by atomic mass is 79.9. The maximum Gasteiger partial charge on any atom is 0.119 e. The topological polar surface area (TPSA) is 9.23 Å². The Labute approximate surface area is 152 Å². The van der Waals surface area contributed by atoms with E-state index in [4.69, 9.17) is 16.3 Å². The molecule has 0 bridgehead atoms. The standard InChI is InChI=1S/C20H22BrClO/c1-2-20(10-3-11-20)14-23-18-7-4-15(5-8-18)12-16-13-17(21)6-9-19(16)22/h4-9,13H,2-3,10-12,14H2,1H3. The van der Waals surface area contributed by atoms with Gasteiger partial charge in [-0.3, -0.25) is 0 Å². The lowest BCUT2D eigenvalue weighted by atomic mass is 9.68. The van der Waals surface area contributed by atoms with Gasteiger partial charge in [-0.1, -0.05) is 53.0 Å². The minimum Gasteiger partial charge on any atom is -0.493 e. The summed E-state index contributed by atoms with van der Waals surface area (Å²) in [5, 5.41) is 0.809. The summed E-state index contributed by atoms with van der Waals surface area (Å²) in [6, 6.07) is 14.4. The average molecular weight is 394 g/mol. The predicted octanol–water partition coefficient (Wildman–Crippen LogP) is 6.65. The van der Waals surface area contributed by atoms with E-state index in [1.807, 2.05) is 12.1 Å². The fourth-order valence-electron chi connectivity index (χ4n) is 3.12. The number of ether oxygens (including phenoxy) is 1. The minimum absolute atomic E-state index is 0.433. The normalized spacial score (nSPS) is 16.0. The molecule has 0 radical (unpaired) electrons. The highest BCUT2D eigenvalue weighted by Crippen LogP contribution is 2.44. The molecule has 0 N–H and O–H groups in total. The van der Waals surface area contributed by atoms with Gasteiger partial charge in [-0.15, -0.1) is 0 Å². The van der Waals surface area contributed by atoms with Gasteiger partial charge < -0.3 is 4.74 Å². The van der Waals surface area contributed by atoms with Crippen LogP contribution < -0.4 is 4.74 Å². The van der Waals surface area contributed by atoms with Gasteiger partial charge in [0.05, 0.1) is 6.61 Å². The lowest BCUT2D eigenvalue weighted by Crippen LogP contribution is -2.34. The van der Waals surface area contributed by atoms with Gasteiger partial charge in [0.15, 0.2) is 0 Å². The van der Waals surface area contributed by atoms with Crippen LogP contribution in [0.25, 0.3) is 0 Å². The first kappa shape index (κ1) is 16.9. The molecule has 0 atom stereocenters. The summed E-state index contributed by atoms with van der Waals surface area (Å²) in [4.78, 5) is 0. The molecular weight excluding hydrogens is 372 g/mol. The van der Waals surface area contributed by atoms with E-state index in [-0.39, 0.29) is 0 Å². The number of benzene rings is 2. The maximum absolute atomic E-state index is 6.27. The molecule has 3 heteroatoms. The van der Waals surface area contributed by atoms with Crippen molar-refractivity contribution in [3.05, 3.63) is 63.1 Å². The van der Waals surface area contributed by atoms with E-state index >= 15 is 0 Å². The third kappa shape index (κ3) is 4.10. The SMILES string of the molecule is CCC1(COc2ccc(Cc3cc(Br)ccc3Cl)cc2)CCC1. The largest absolute Gasteiger partial charge is 0.493 e. The summed E-state index contributed by atoms with van der Waals surface area (Å²) < 4.78 is 7.08. The second kappa shape index (κ2) is 7.27. The molecule has 1 aliphatic carbocycles. The Morgan fingerprint density at radius 2 is 1.87 bits per heavy atom. The highest BCUT2D eigenvalue weighted by Gasteiger charge is 2.35. The second-order valence-electron chi connectivity index (χ2n) is 6.55. The monoisotopic (exact) mass is 392 g/mol. The minimum atomic E-state index is 0.433. The maximum atomic E-state index is 6.27. The molecular formula is C20H22BrClO. The van der Waals surface area contributed by atoms with Crippen molar-refractivity contribution < 1.29 is 4.74 Å². The van der Waals surface area contributed by atoms with Crippen molar-refractivity contribution in [1.29, 1.82) is 0 Å². The van der Waals surface area contributed by atoms with E-state index in [2.05, 4.69) is 53.2 Å². The molecule has 1 nitrogen and oxygen atoms in total. The smallest absolute Gasteiger partial charge is 0.119 e. The van der Waals surface area contributed by atoms with Gasteiger partial charge in [-0.25, -0.2) is 0 Å². The molecule has 2 aromatic carbocycles. The third-order valence-corrected chi connectivity index (χ3v) is 5.90. The van der Waals surface area contributed by atoms with Crippen molar-refractivity contribution in [3.63, 3.8) is 0 Å². The van der Waals surface area contributed by atoms with Gasteiger partial charge in [-0.2, -0.15) is 0 Å². The Bertz CT molecular complexity index is 656. The molecule has 0 aliphatic heterocycles. The van der Waals surface area contributed by atoms with Gasteiger partial charge in [0.2, 0.25) is 0 Å². The van der Waals surface area contributed by atoms with E-state index in [1.165, 1.54) is 31.2 Å². The Morgan fingerprint density at radius 3 is 2.48 bits per heavy atom. The summed E-state index contributed by atoms with van der Waals surface area (Å²) in [7, 11) is 0. The van der Waals surface area contributed by atoms with Crippen LogP contribution >= 0.6 is 27.5 Å². The molecule has 0 heterocycles. The number of rotatable bonds is 6. The van der Waals surface area contributed by atoms with Crippen LogP contribution in [0.4, 0.5) is 0 Å². The zero-order chi connectivity index (χ0) is 16.3. The quantitative estimate of drug-likeness (QED) is 0.533.